The van der Waals surface area contributed by atoms with Gasteiger partial charge >= 0.3 is 12.1 Å². The predicted octanol–water partition coefficient (Wildman–Crippen LogP) is 5.98. The molecular weight excluding hydrogens is 606 g/mol. The lowest BCUT2D eigenvalue weighted by Gasteiger charge is -2.41. The van der Waals surface area contributed by atoms with E-state index in [-0.39, 0.29) is 37.6 Å². The molecule has 48 heavy (non-hydrogen) atoms. The van der Waals surface area contributed by atoms with Crippen LogP contribution in [0.1, 0.15) is 81.5 Å². The van der Waals surface area contributed by atoms with Crippen LogP contribution in [0.3, 0.4) is 0 Å². The monoisotopic (exact) mass is 661 g/mol. The first kappa shape index (κ1) is 35.5. The van der Waals surface area contributed by atoms with E-state index < -0.39 is 12.2 Å². The summed E-state index contributed by atoms with van der Waals surface area (Å²) in [6.45, 7) is 9.02. The number of aromatic hydroxyl groups is 1. The summed E-state index contributed by atoms with van der Waals surface area (Å²) in [7, 11) is 0. The van der Waals surface area contributed by atoms with Crippen LogP contribution < -0.4 is 5.32 Å². The molecule has 0 aliphatic carbocycles. The van der Waals surface area contributed by atoms with Crippen molar-refractivity contribution in [1.29, 1.82) is 0 Å². The highest BCUT2D eigenvalue weighted by Crippen LogP contribution is 2.28. The van der Waals surface area contributed by atoms with Crippen LogP contribution in [-0.4, -0.2) is 107 Å². The second-order valence-electron chi connectivity index (χ2n) is 13.8. The van der Waals surface area contributed by atoms with Crippen LogP contribution in [0.4, 0.5) is 15.3 Å². The molecule has 10 nitrogen and oxygen atoms in total. The van der Waals surface area contributed by atoms with Crippen LogP contribution in [0.2, 0.25) is 0 Å². The topological polar surface area (TPSA) is 106 Å². The zero-order chi connectivity index (χ0) is 32.9. The molecule has 2 aromatic rings. The summed E-state index contributed by atoms with van der Waals surface area (Å²) in [4.78, 5) is 48.8. The number of para-hydroxylation sites is 1. The summed E-state index contributed by atoms with van der Waals surface area (Å²) in [5, 5.41) is 13.6. The Hall–Kier alpha value is -3.79. The Kier molecular flexibility index (Phi) is 11.9. The van der Waals surface area contributed by atoms with Gasteiger partial charge in [-0.25, -0.2) is 9.59 Å². The Balaban J connectivity index is 0.00000451. The van der Waals surface area contributed by atoms with E-state index >= 15 is 0 Å². The largest absolute Gasteiger partial charge is 0.507 e. The minimum absolute atomic E-state index is 0. The summed E-state index contributed by atoms with van der Waals surface area (Å²) in [5.74, 6) is 0.135. The van der Waals surface area contributed by atoms with Gasteiger partial charge in [-0.2, -0.15) is 0 Å². The van der Waals surface area contributed by atoms with Crippen molar-refractivity contribution in [3.8, 4) is 5.75 Å². The van der Waals surface area contributed by atoms with Crippen molar-refractivity contribution >= 4 is 23.7 Å². The highest BCUT2D eigenvalue weighted by Gasteiger charge is 2.36. The van der Waals surface area contributed by atoms with Gasteiger partial charge in [0.05, 0.1) is 0 Å². The van der Waals surface area contributed by atoms with E-state index in [1.54, 1.807) is 4.90 Å². The van der Waals surface area contributed by atoms with Crippen molar-refractivity contribution in [2.45, 2.75) is 104 Å². The number of piperidine rings is 3. The predicted molar refractivity (Wildman–Crippen MR) is 188 cm³/mol. The maximum Gasteiger partial charge on any atom is 0.410 e. The van der Waals surface area contributed by atoms with Gasteiger partial charge < -0.3 is 34.8 Å². The van der Waals surface area contributed by atoms with E-state index in [4.69, 9.17) is 4.74 Å². The van der Waals surface area contributed by atoms with Gasteiger partial charge in [0.25, 0.3) is 5.91 Å². The van der Waals surface area contributed by atoms with Gasteiger partial charge in [-0.15, -0.1) is 0 Å². The van der Waals surface area contributed by atoms with Crippen molar-refractivity contribution in [1.82, 2.24) is 19.6 Å². The first-order valence-electron chi connectivity index (χ1n) is 17.8. The van der Waals surface area contributed by atoms with Crippen molar-refractivity contribution in [2.24, 2.45) is 0 Å². The van der Waals surface area contributed by atoms with E-state index in [0.29, 0.717) is 58.0 Å². The standard InChI is InChI=1S/C37H51N5O5.CH4/c1-3-28-24-27(23-26(2)34(28)43)25-33(35(44)40-18-12-30(13-19-40)39-16-7-4-8-17-39)47-37(46)41-20-14-31(15-21-41)42-22-11-29-9-5-6-10-32(29)38-36(42)45;/h5-6,9-10,23-24,30-31,33,43H,3-4,7-8,11-22,25H2,1-2H3,(H,38,45);1H4/t33-;/m1./s1. The van der Waals surface area contributed by atoms with Crippen LogP contribution in [-0.2, 0) is 28.8 Å². The number of urea groups is 1. The number of hydrogen-bond donors (Lipinski definition) is 2. The molecule has 0 aromatic heterocycles. The second kappa shape index (κ2) is 16.1. The Morgan fingerprint density at radius 3 is 2.29 bits per heavy atom. The number of rotatable bonds is 7. The summed E-state index contributed by atoms with van der Waals surface area (Å²) in [5.41, 5.74) is 4.44. The summed E-state index contributed by atoms with van der Waals surface area (Å²) >= 11 is 0. The fourth-order valence-corrected chi connectivity index (χ4v) is 7.95. The zero-order valence-electron chi connectivity index (χ0n) is 28.1. The van der Waals surface area contributed by atoms with E-state index in [1.165, 1.54) is 19.3 Å². The molecule has 3 fully saturated rings. The van der Waals surface area contributed by atoms with Gasteiger partial charge in [0, 0.05) is 56.9 Å². The number of carbonyl (C=O) groups excluding carboxylic acids is 3. The van der Waals surface area contributed by atoms with Crippen LogP contribution in [0, 0.1) is 6.92 Å². The molecule has 6 rings (SSSR count). The van der Waals surface area contributed by atoms with E-state index in [0.717, 1.165) is 60.3 Å². The summed E-state index contributed by atoms with van der Waals surface area (Å²) in [6, 6.07) is 12.2. The molecule has 3 saturated heterocycles. The number of amides is 4. The lowest BCUT2D eigenvalue weighted by atomic mass is 9.97. The number of ether oxygens (including phenoxy) is 1. The highest BCUT2D eigenvalue weighted by atomic mass is 16.6. The Bertz CT molecular complexity index is 1430. The number of fused-ring (bicyclic) bond motifs is 1. The van der Waals surface area contributed by atoms with Crippen LogP contribution >= 0.6 is 0 Å². The molecule has 1 atom stereocenters. The van der Waals surface area contributed by atoms with Gasteiger partial charge in [-0.05, 0) is 99.7 Å². The smallest absolute Gasteiger partial charge is 0.410 e. The number of anilines is 1. The molecule has 0 spiro atoms. The minimum atomic E-state index is -0.949. The number of aryl methyl sites for hydroxylation is 2. The summed E-state index contributed by atoms with van der Waals surface area (Å²) in [6.07, 6.45) is 7.26. The molecule has 4 aliphatic rings. The third-order valence-electron chi connectivity index (χ3n) is 10.7. The maximum atomic E-state index is 14.0. The molecule has 4 aliphatic heterocycles. The van der Waals surface area contributed by atoms with E-state index in [2.05, 4.69) is 16.3 Å². The molecule has 0 saturated carbocycles. The number of nitrogens with zero attached hydrogens (tertiary/aromatic N) is 4. The van der Waals surface area contributed by atoms with Gasteiger partial charge in [-0.1, -0.05) is 51.1 Å². The third-order valence-corrected chi connectivity index (χ3v) is 10.7. The lowest BCUT2D eigenvalue weighted by molar-refractivity contribution is -0.142. The SMILES string of the molecule is C.CCc1cc(C[C@@H](OC(=O)N2CCC(N3CCc4ccccc4NC3=O)CC2)C(=O)N2CCC(N3CCCCC3)CC2)cc(C)c1O. The van der Waals surface area contributed by atoms with E-state index in [1.807, 2.05) is 54.0 Å². The molecule has 2 N–H and O–H groups in total. The number of benzene rings is 2. The van der Waals surface area contributed by atoms with Gasteiger partial charge in [0.15, 0.2) is 6.10 Å². The number of hydrogen-bond acceptors (Lipinski definition) is 6. The summed E-state index contributed by atoms with van der Waals surface area (Å²) < 4.78 is 6.09. The van der Waals surface area contributed by atoms with Gasteiger partial charge in [0.1, 0.15) is 5.75 Å². The van der Waals surface area contributed by atoms with E-state index in [9.17, 15) is 19.5 Å². The fraction of sp³-hybridized carbons (Fsp3) is 0.605. The average molecular weight is 662 g/mol. The normalized spacial score (nSPS) is 20.3. The molecule has 10 heteroatoms. The maximum absolute atomic E-state index is 14.0. The Labute approximate surface area is 286 Å². The molecule has 0 bridgehead atoms. The number of phenolic OH excluding ortho intramolecular Hbond substituents is 1. The fourth-order valence-electron chi connectivity index (χ4n) is 7.95. The van der Waals surface area contributed by atoms with Crippen LogP contribution in [0.5, 0.6) is 5.75 Å². The molecule has 2 aromatic carbocycles. The number of likely N-dealkylation sites (tertiary alicyclic amines) is 3. The van der Waals surface area contributed by atoms with Crippen molar-refractivity contribution in [3.63, 3.8) is 0 Å². The minimum Gasteiger partial charge on any atom is -0.507 e. The second-order valence-corrected chi connectivity index (χ2v) is 13.8. The van der Waals surface area contributed by atoms with Crippen LogP contribution in [0.25, 0.3) is 0 Å². The van der Waals surface area contributed by atoms with Crippen molar-refractivity contribution in [3.05, 3.63) is 58.7 Å². The lowest BCUT2D eigenvalue weighted by Crippen LogP contribution is -2.53. The highest BCUT2D eigenvalue weighted by molar-refractivity contribution is 5.91. The Morgan fingerprint density at radius 2 is 1.58 bits per heavy atom. The molecule has 0 unspecified atom stereocenters. The molecule has 4 amide bonds. The van der Waals surface area contributed by atoms with Crippen molar-refractivity contribution in [2.75, 3.05) is 51.1 Å². The molecular formula is C38H55N5O5. The van der Waals surface area contributed by atoms with Gasteiger partial charge in [-0.3, -0.25) is 4.79 Å². The molecule has 262 valence electrons. The molecule has 0 radical (unpaired) electrons. The van der Waals surface area contributed by atoms with Crippen LogP contribution in [0.15, 0.2) is 36.4 Å². The Morgan fingerprint density at radius 1 is 0.917 bits per heavy atom. The quantitative estimate of drug-likeness (QED) is 0.379. The van der Waals surface area contributed by atoms with Gasteiger partial charge in [0.2, 0.25) is 0 Å². The molecule has 4 heterocycles. The first-order chi connectivity index (χ1) is 22.8. The first-order valence-corrected chi connectivity index (χ1v) is 17.8. The number of nitrogens with one attached hydrogen (secondary N) is 1. The van der Waals surface area contributed by atoms with Crippen molar-refractivity contribution < 1.29 is 24.2 Å². The average Bonchev–Trinajstić information content (AvgIpc) is 3.27. The number of carbonyl (C=O) groups is 3. The number of phenols is 1. The third kappa shape index (κ3) is 8.08. The zero-order valence-corrected chi connectivity index (χ0v) is 28.1.